The first-order valence-corrected chi connectivity index (χ1v) is 5.37. The maximum Gasteiger partial charge on any atom is 0.410 e. The highest BCUT2D eigenvalue weighted by molar-refractivity contribution is 5.70. The van der Waals surface area contributed by atoms with E-state index < -0.39 is 5.60 Å². The van der Waals surface area contributed by atoms with Crippen molar-refractivity contribution in [2.45, 2.75) is 39.5 Å². The molecule has 4 N–H and O–H groups in total. The Morgan fingerprint density at radius 1 is 1.41 bits per heavy atom. The first-order chi connectivity index (χ1) is 7.78. The molecule has 0 aromatic carbocycles. The third-order valence-electron chi connectivity index (χ3n) is 2.47. The second-order valence-electron chi connectivity index (χ2n) is 5.09. The Morgan fingerprint density at radius 2 is 2.06 bits per heavy atom. The smallest absolute Gasteiger partial charge is 0.410 e. The molecule has 1 aliphatic rings. The zero-order valence-electron chi connectivity index (χ0n) is 10.2. The van der Waals surface area contributed by atoms with Crippen LogP contribution >= 0.6 is 0 Å². The standard InChI is InChI=1S/C10H17N5O2/c1-10(2,3)17-9(16)14-4-6-7(5-14)13-15(12)8(6)11/h4-5,11-12H2,1-3H3. The molecule has 94 valence electrons. The van der Waals surface area contributed by atoms with Crippen molar-refractivity contribution in [2.24, 2.45) is 0 Å². The molecule has 0 fully saturated rings. The number of carbonyl (C=O) groups is 1. The van der Waals surface area contributed by atoms with Crippen molar-refractivity contribution in [1.82, 2.24) is 14.8 Å². The van der Waals surface area contributed by atoms with E-state index in [1.807, 2.05) is 20.8 Å². The van der Waals surface area contributed by atoms with Gasteiger partial charge in [0.1, 0.15) is 11.4 Å². The fraction of sp³-hybridized carbons (Fsp3) is 0.600. The van der Waals surface area contributed by atoms with Gasteiger partial charge in [-0.25, -0.2) is 4.79 Å². The lowest BCUT2D eigenvalue weighted by atomic mass is 10.2. The van der Waals surface area contributed by atoms with E-state index in [9.17, 15) is 4.79 Å². The van der Waals surface area contributed by atoms with Crippen LogP contribution in [0.15, 0.2) is 0 Å². The lowest BCUT2D eigenvalue weighted by Gasteiger charge is -2.24. The molecule has 1 aliphatic heterocycles. The topological polar surface area (TPSA) is 99.4 Å². The summed E-state index contributed by atoms with van der Waals surface area (Å²) < 4.78 is 5.27. The monoisotopic (exact) mass is 239 g/mol. The number of aromatic nitrogens is 2. The molecule has 7 heteroatoms. The van der Waals surface area contributed by atoms with Gasteiger partial charge in [-0.1, -0.05) is 0 Å². The maximum absolute atomic E-state index is 11.8. The molecule has 1 amide bonds. The third kappa shape index (κ3) is 2.13. The van der Waals surface area contributed by atoms with Crippen LogP contribution in [-0.4, -0.2) is 26.5 Å². The number of nitrogen functional groups attached to an aromatic ring is 2. The number of hydrogen-bond donors (Lipinski definition) is 2. The van der Waals surface area contributed by atoms with Crippen molar-refractivity contribution in [2.75, 3.05) is 11.6 Å². The van der Waals surface area contributed by atoms with Crippen molar-refractivity contribution in [3.63, 3.8) is 0 Å². The van der Waals surface area contributed by atoms with E-state index in [0.29, 0.717) is 18.9 Å². The van der Waals surface area contributed by atoms with Crippen molar-refractivity contribution in [3.05, 3.63) is 11.3 Å². The zero-order chi connectivity index (χ0) is 12.8. The first kappa shape index (κ1) is 11.6. The van der Waals surface area contributed by atoms with Gasteiger partial charge in [-0.2, -0.15) is 9.89 Å². The largest absolute Gasteiger partial charge is 0.444 e. The molecule has 0 saturated heterocycles. The number of amides is 1. The SMILES string of the molecule is CC(C)(C)OC(=O)N1Cc2nn(N)c(N)c2C1. The molecule has 0 aliphatic carbocycles. The predicted molar refractivity (Wildman–Crippen MR) is 62.3 cm³/mol. The van der Waals surface area contributed by atoms with Gasteiger partial charge in [0.15, 0.2) is 0 Å². The van der Waals surface area contributed by atoms with Crippen LogP contribution in [-0.2, 0) is 17.8 Å². The van der Waals surface area contributed by atoms with Gasteiger partial charge < -0.3 is 16.3 Å². The Labute approximate surface area is 99.3 Å². The van der Waals surface area contributed by atoms with Gasteiger partial charge in [-0.15, -0.1) is 0 Å². The molecular weight excluding hydrogens is 222 g/mol. The lowest BCUT2D eigenvalue weighted by molar-refractivity contribution is 0.0239. The number of hydrogen-bond acceptors (Lipinski definition) is 5. The van der Waals surface area contributed by atoms with Crippen LogP contribution in [0.4, 0.5) is 10.6 Å². The van der Waals surface area contributed by atoms with E-state index in [0.717, 1.165) is 16.0 Å². The van der Waals surface area contributed by atoms with Gasteiger partial charge in [0, 0.05) is 5.56 Å². The third-order valence-corrected chi connectivity index (χ3v) is 2.47. The molecule has 0 radical (unpaired) electrons. The van der Waals surface area contributed by atoms with Gasteiger partial charge in [0.25, 0.3) is 0 Å². The van der Waals surface area contributed by atoms with Crippen LogP contribution in [0.1, 0.15) is 32.0 Å². The molecule has 2 heterocycles. The van der Waals surface area contributed by atoms with Crippen LogP contribution in [0.25, 0.3) is 0 Å². The van der Waals surface area contributed by atoms with E-state index in [4.69, 9.17) is 16.3 Å². The fourth-order valence-electron chi connectivity index (χ4n) is 1.71. The molecule has 17 heavy (non-hydrogen) atoms. The average molecular weight is 239 g/mol. The minimum Gasteiger partial charge on any atom is -0.444 e. The average Bonchev–Trinajstić information content (AvgIpc) is 2.66. The molecule has 0 unspecified atom stereocenters. The summed E-state index contributed by atoms with van der Waals surface area (Å²) in [4.78, 5) is 14.5. The van der Waals surface area contributed by atoms with Gasteiger partial charge in [-0.3, -0.25) is 4.90 Å². The van der Waals surface area contributed by atoms with Crippen molar-refractivity contribution >= 4 is 11.9 Å². The highest BCUT2D eigenvalue weighted by Gasteiger charge is 2.31. The second-order valence-corrected chi connectivity index (χ2v) is 5.09. The number of rotatable bonds is 0. The van der Waals surface area contributed by atoms with Gasteiger partial charge in [0.05, 0.1) is 18.8 Å². The second kappa shape index (κ2) is 3.54. The van der Waals surface area contributed by atoms with Crippen LogP contribution in [0.3, 0.4) is 0 Å². The van der Waals surface area contributed by atoms with Gasteiger partial charge in [0.2, 0.25) is 0 Å². The Balaban J connectivity index is 2.08. The highest BCUT2D eigenvalue weighted by atomic mass is 16.6. The molecule has 0 atom stereocenters. The summed E-state index contributed by atoms with van der Waals surface area (Å²) in [5.41, 5.74) is 6.77. The normalized spacial score (nSPS) is 14.9. The molecule has 0 bridgehead atoms. The lowest BCUT2D eigenvalue weighted by Crippen LogP contribution is -2.34. The minimum atomic E-state index is -0.504. The Bertz CT molecular complexity index is 460. The van der Waals surface area contributed by atoms with E-state index in [1.54, 1.807) is 4.90 Å². The molecule has 1 aromatic heterocycles. The van der Waals surface area contributed by atoms with Crippen molar-refractivity contribution in [1.29, 1.82) is 0 Å². The molecule has 7 nitrogen and oxygen atoms in total. The molecule has 1 aromatic rings. The van der Waals surface area contributed by atoms with Crippen LogP contribution in [0, 0.1) is 0 Å². The Hall–Kier alpha value is -1.92. The van der Waals surface area contributed by atoms with Crippen molar-refractivity contribution < 1.29 is 9.53 Å². The molecule has 0 saturated carbocycles. The summed E-state index contributed by atoms with van der Waals surface area (Å²) in [6, 6.07) is 0. The number of fused-ring (bicyclic) bond motifs is 1. The van der Waals surface area contributed by atoms with Gasteiger partial charge >= 0.3 is 6.09 Å². The number of carbonyl (C=O) groups excluding carboxylic acids is 1. The summed E-state index contributed by atoms with van der Waals surface area (Å²) in [7, 11) is 0. The maximum atomic E-state index is 11.8. The van der Waals surface area contributed by atoms with Crippen molar-refractivity contribution in [3.8, 4) is 0 Å². The summed E-state index contributed by atoms with van der Waals surface area (Å²) in [5.74, 6) is 5.91. The summed E-state index contributed by atoms with van der Waals surface area (Å²) in [5, 5.41) is 4.04. The minimum absolute atomic E-state index is 0.363. The number of nitrogens with zero attached hydrogens (tertiary/aromatic N) is 3. The van der Waals surface area contributed by atoms with Crippen LogP contribution in [0.2, 0.25) is 0 Å². The van der Waals surface area contributed by atoms with E-state index in [1.165, 1.54) is 0 Å². The van der Waals surface area contributed by atoms with Crippen LogP contribution in [0.5, 0.6) is 0 Å². The Kier molecular flexibility index (Phi) is 2.41. The molecule has 0 spiro atoms. The Morgan fingerprint density at radius 3 is 2.59 bits per heavy atom. The summed E-state index contributed by atoms with van der Waals surface area (Å²) >= 11 is 0. The molecular formula is C10H17N5O2. The van der Waals surface area contributed by atoms with E-state index in [2.05, 4.69) is 5.10 Å². The number of anilines is 1. The van der Waals surface area contributed by atoms with Crippen LogP contribution < -0.4 is 11.6 Å². The summed E-state index contributed by atoms with van der Waals surface area (Å²) in [6.07, 6.45) is -0.363. The van der Waals surface area contributed by atoms with Gasteiger partial charge in [-0.05, 0) is 20.8 Å². The summed E-state index contributed by atoms with van der Waals surface area (Å²) in [6.45, 7) is 6.27. The van der Waals surface area contributed by atoms with E-state index in [-0.39, 0.29) is 6.09 Å². The predicted octanol–water partition coefficient (Wildman–Crippen LogP) is 0.430. The molecule has 2 rings (SSSR count). The zero-order valence-corrected chi connectivity index (χ0v) is 10.2. The quantitative estimate of drug-likeness (QED) is 0.639. The first-order valence-electron chi connectivity index (χ1n) is 5.37. The number of nitrogens with two attached hydrogens (primary N) is 2. The highest BCUT2D eigenvalue weighted by Crippen LogP contribution is 2.27. The fourth-order valence-corrected chi connectivity index (χ4v) is 1.71. The number of ether oxygens (including phenoxy) is 1. The van der Waals surface area contributed by atoms with E-state index >= 15 is 0 Å².